The predicted molar refractivity (Wildman–Crippen MR) is 127 cm³/mol. The Bertz CT molecular complexity index is 958. The SMILES string of the molecule is CCC1CCN(C(=O)c2cc(O)cc(Oc3ccc(CNC(=O)OC(C)(C)C)cc3)c2)CC1. The number of hydrogen-bond acceptors (Lipinski definition) is 5. The Morgan fingerprint density at radius 2 is 1.73 bits per heavy atom. The van der Waals surface area contributed by atoms with Crippen molar-refractivity contribution >= 4 is 12.0 Å². The smallest absolute Gasteiger partial charge is 0.407 e. The van der Waals surface area contributed by atoms with E-state index in [0.29, 0.717) is 29.5 Å². The number of ether oxygens (including phenoxy) is 2. The number of amides is 2. The van der Waals surface area contributed by atoms with Gasteiger partial charge in [0.15, 0.2) is 0 Å². The number of phenols is 1. The number of nitrogens with one attached hydrogen (secondary N) is 1. The van der Waals surface area contributed by atoms with E-state index in [9.17, 15) is 14.7 Å². The molecule has 0 bridgehead atoms. The Kier molecular flexibility index (Phi) is 7.84. The Hall–Kier alpha value is -3.22. The van der Waals surface area contributed by atoms with Gasteiger partial charge >= 0.3 is 6.09 Å². The average molecular weight is 455 g/mol. The van der Waals surface area contributed by atoms with Crippen molar-refractivity contribution in [1.29, 1.82) is 0 Å². The summed E-state index contributed by atoms with van der Waals surface area (Å²) in [6.07, 6.45) is 2.69. The van der Waals surface area contributed by atoms with Gasteiger partial charge in [0.25, 0.3) is 5.91 Å². The Morgan fingerprint density at radius 3 is 2.33 bits per heavy atom. The zero-order chi connectivity index (χ0) is 24.0. The van der Waals surface area contributed by atoms with Crippen LogP contribution in [-0.4, -0.2) is 40.7 Å². The lowest BCUT2D eigenvalue weighted by Gasteiger charge is -2.31. The maximum absolute atomic E-state index is 12.9. The number of hydrogen-bond donors (Lipinski definition) is 2. The molecule has 7 nitrogen and oxygen atoms in total. The van der Waals surface area contributed by atoms with E-state index < -0.39 is 11.7 Å². The largest absolute Gasteiger partial charge is 0.508 e. The first-order valence-corrected chi connectivity index (χ1v) is 11.5. The van der Waals surface area contributed by atoms with E-state index in [4.69, 9.17) is 9.47 Å². The topological polar surface area (TPSA) is 88.1 Å². The summed E-state index contributed by atoms with van der Waals surface area (Å²) in [5.74, 6) is 1.52. The van der Waals surface area contributed by atoms with Gasteiger partial charge in [-0.1, -0.05) is 25.5 Å². The van der Waals surface area contributed by atoms with Crippen molar-refractivity contribution in [3.8, 4) is 17.2 Å². The van der Waals surface area contributed by atoms with Gasteiger partial charge in [0, 0.05) is 31.3 Å². The van der Waals surface area contributed by atoms with Crippen LogP contribution in [0.1, 0.15) is 62.9 Å². The van der Waals surface area contributed by atoms with Crippen molar-refractivity contribution in [2.45, 2.75) is 59.1 Å². The molecular formula is C26H34N2O5. The second kappa shape index (κ2) is 10.6. The van der Waals surface area contributed by atoms with Gasteiger partial charge in [-0.15, -0.1) is 0 Å². The molecule has 0 atom stereocenters. The molecule has 1 heterocycles. The zero-order valence-electron chi connectivity index (χ0n) is 19.9. The molecule has 1 saturated heterocycles. The van der Waals surface area contributed by atoms with Gasteiger partial charge in [0.1, 0.15) is 22.8 Å². The highest BCUT2D eigenvalue weighted by Gasteiger charge is 2.23. The highest BCUT2D eigenvalue weighted by atomic mass is 16.6. The molecule has 2 aromatic carbocycles. The molecule has 0 aliphatic carbocycles. The van der Waals surface area contributed by atoms with Gasteiger partial charge in [-0.2, -0.15) is 0 Å². The molecule has 2 aromatic rings. The second-order valence-electron chi connectivity index (χ2n) is 9.46. The van der Waals surface area contributed by atoms with E-state index in [1.807, 2.05) is 37.8 Å². The molecule has 1 fully saturated rings. The van der Waals surface area contributed by atoms with Gasteiger partial charge in [-0.25, -0.2) is 4.79 Å². The number of piperidine rings is 1. The predicted octanol–water partition coefficient (Wildman–Crippen LogP) is 5.47. The van der Waals surface area contributed by atoms with Crippen molar-refractivity contribution in [2.75, 3.05) is 13.1 Å². The first-order valence-electron chi connectivity index (χ1n) is 11.5. The number of carbonyl (C=O) groups is 2. The molecule has 1 aliphatic rings. The number of carbonyl (C=O) groups excluding carboxylic acids is 2. The third kappa shape index (κ3) is 7.41. The minimum atomic E-state index is -0.546. The lowest BCUT2D eigenvalue weighted by Crippen LogP contribution is -2.38. The Labute approximate surface area is 195 Å². The highest BCUT2D eigenvalue weighted by molar-refractivity contribution is 5.95. The first kappa shape index (κ1) is 24.4. The summed E-state index contributed by atoms with van der Waals surface area (Å²) in [5.41, 5.74) is 0.753. The molecule has 0 unspecified atom stereocenters. The molecule has 2 amide bonds. The molecule has 0 spiro atoms. The first-order chi connectivity index (χ1) is 15.6. The fourth-order valence-corrected chi connectivity index (χ4v) is 3.79. The average Bonchev–Trinajstić information content (AvgIpc) is 2.76. The van der Waals surface area contributed by atoms with Crippen LogP contribution in [0.3, 0.4) is 0 Å². The number of phenolic OH excluding ortho intramolecular Hbond substituents is 1. The van der Waals surface area contributed by atoms with E-state index >= 15 is 0 Å². The number of likely N-dealkylation sites (tertiary alicyclic amines) is 1. The fourth-order valence-electron chi connectivity index (χ4n) is 3.79. The summed E-state index contributed by atoms with van der Waals surface area (Å²) in [5, 5.41) is 12.9. The fraction of sp³-hybridized carbons (Fsp3) is 0.462. The van der Waals surface area contributed by atoms with Crippen LogP contribution >= 0.6 is 0 Å². The van der Waals surface area contributed by atoms with E-state index in [-0.39, 0.29) is 11.7 Å². The monoisotopic (exact) mass is 454 g/mol. The standard InChI is InChI=1S/C26H34N2O5/c1-5-18-10-12-28(13-11-18)24(30)20-14-21(29)16-23(15-20)32-22-8-6-19(7-9-22)17-27-25(31)33-26(2,3)4/h6-9,14-16,18,29H,5,10-13,17H2,1-4H3,(H,27,31). The van der Waals surface area contributed by atoms with Crippen LogP contribution < -0.4 is 10.1 Å². The maximum Gasteiger partial charge on any atom is 0.407 e. The van der Waals surface area contributed by atoms with Crippen molar-refractivity contribution in [3.05, 3.63) is 53.6 Å². The molecular weight excluding hydrogens is 420 g/mol. The normalized spacial score (nSPS) is 14.6. The zero-order valence-corrected chi connectivity index (χ0v) is 19.9. The van der Waals surface area contributed by atoms with Crippen molar-refractivity contribution < 1.29 is 24.2 Å². The number of benzene rings is 2. The van der Waals surface area contributed by atoms with Crippen LogP contribution in [0.2, 0.25) is 0 Å². The molecule has 3 rings (SSSR count). The Balaban J connectivity index is 1.60. The molecule has 7 heteroatoms. The van der Waals surface area contributed by atoms with Crippen LogP contribution in [0.4, 0.5) is 4.79 Å². The van der Waals surface area contributed by atoms with E-state index in [0.717, 1.165) is 37.9 Å². The van der Waals surface area contributed by atoms with Gasteiger partial charge in [-0.3, -0.25) is 4.79 Å². The summed E-state index contributed by atoms with van der Waals surface area (Å²) in [7, 11) is 0. The summed E-state index contributed by atoms with van der Waals surface area (Å²) < 4.78 is 11.1. The number of rotatable bonds is 6. The lowest BCUT2D eigenvalue weighted by atomic mass is 9.94. The number of nitrogens with zero attached hydrogens (tertiary/aromatic N) is 1. The van der Waals surface area contributed by atoms with Crippen LogP contribution in [0, 0.1) is 5.92 Å². The minimum Gasteiger partial charge on any atom is -0.508 e. The van der Waals surface area contributed by atoms with Crippen LogP contribution in [0.25, 0.3) is 0 Å². The maximum atomic E-state index is 12.9. The third-order valence-corrected chi connectivity index (χ3v) is 5.61. The minimum absolute atomic E-state index is 0.0162. The van der Waals surface area contributed by atoms with E-state index in [1.165, 1.54) is 12.1 Å². The van der Waals surface area contributed by atoms with Gasteiger partial charge in [-0.05, 0) is 69.4 Å². The van der Waals surface area contributed by atoms with Crippen molar-refractivity contribution in [3.63, 3.8) is 0 Å². The Morgan fingerprint density at radius 1 is 1.06 bits per heavy atom. The molecule has 0 radical (unpaired) electrons. The van der Waals surface area contributed by atoms with E-state index in [1.54, 1.807) is 18.2 Å². The number of alkyl carbamates (subject to hydrolysis) is 1. The molecule has 0 saturated carbocycles. The third-order valence-electron chi connectivity index (χ3n) is 5.61. The molecule has 0 aromatic heterocycles. The molecule has 33 heavy (non-hydrogen) atoms. The molecule has 2 N–H and O–H groups in total. The number of aromatic hydroxyl groups is 1. The summed E-state index contributed by atoms with van der Waals surface area (Å²) in [4.78, 5) is 26.6. The van der Waals surface area contributed by atoms with Crippen LogP contribution in [0.5, 0.6) is 17.2 Å². The molecule has 1 aliphatic heterocycles. The van der Waals surface area contributed by atoms with Crippen molar-refractivity contribution in [2.24, 2.45) is 5.92 Å². The second-order valence-corrected chi connectivity index (χ2v) is 9.46. The van der Waals surface area contributed by atoms with E-state index in [2.05, 4.69) is 12.2 Å². The lowest BCUT2D eigenvalue weighted by molar-refractivity contribution is 0.0523. The van der Waals surface area contributed by atoms with Crippen LogP contribution in [0.15, 0.2) is 42.5 Å². The quantitative estimate of drug-likeness (QED) is 0.604. The summed E-state index contributed by atoms with van der Waals surface area (Å²) in [6.45, 7) is 9.43. The van der Waals surface area contributed by atoms with Gasteiger partial charge in [0.05, 0.1) is 0 Å². The molecule has 178 valence electrons. The van der Waals surface area contributed by atoms with Crippen LogP contribution in [-0.2, 0) is 11.3 Å². The van der Waals surface area contributed by atoms with Gasteiger partial charge < -0.3 is 24.8 Å². The van der Waals surface area contributed by atoms with Crippen molar-refractivity contribution in [1.82, 2.24) is 10.2 Å². The summed E-state index contributed by atoms with van der Waals surface area (Å²) >= 11 is 0. The van der Waals surface area contributed by atoms with Gasteiger partial charge in [0.2, 0.25) is 0 Å². The summed E-state index contributed by atoms with van der Waals surface area (Å²) in [6, 6.07) is 11.8. The highest BCUT2D eigenvalue weighted by Crippen LogP contribution is 2.29.